The van der Waals surface area contributed by atoms with Crippen LogP contribution in [0.1, 0.15) is 43.9 Å². The summed E-state index contributed by atoms with van der Waals surface area (Å²) in [5.41, 5.74) is 2.85. The first-order valence-electron chi connectivity index (χ1n) is 15.0. The second kappa shape index (κ2) is 13.3. The number of anilines is 2. The van der Waals surface area contributed by atoms with E-state index >= 15 is 0 Å². The quantitative estimate of drug-likeness (QED) is 0.443. The van der Waals surface area contributed by atoms with E-state index in [4.69, 9.17) is 14.2 Å². The molecular weight excluding hydrogens is 562 g/mol. The number of benzene rings is 3. The first kappa shape index (κ1) is 29.3. The van der Waals surface area contributed by atoms with Crippen molar-refractivity contribution in [2.24, 2.45) is 0 Å². The summed E-state index contributed by atoms with van der Waals surface area (Å²) < 4.78 is 16.2. The molecule has 2 fully saturated rings. The minimum atomic E-state index is -0.322. The van der Waals surface area contributed by atoms with Crippen molar-refractivity contribution in [1.82, 2.24) is 15.1 Å². The van der Waals surface area contributed by atoms with Crippen LogP contribution in [0.25, 0.3) is 0 Å². The van der Waals surface area contributed by atoms with E-state index in [9.17, 15) is 14.4 Å². The minimum Gasteiger partial charge on any atom is -0.497 e. The number of nitrogens with zero attached hydrogens (tertiary/aromatic N) is 3. The average molecular weight is 600 g/mol. The van der Waals surface area contributed by atoms with Gasteiger partial charge in [-0.3, -0.25) is 14.4 Å². The van der Waals surface area contributed by atoms with E-state index in [2.05, 4.69) is 15.5 Å². The molecule has 3 heterocycles. The van der Waals surface area contributed by atoms with E-state index in [1.165, 1.54) is 0 Å². The largest absolute Gasteiger partial charge is 0.497 e. The summed E-state index contributed by atoms with van der Waals surface area (Å²) in [6.45, 7) is 5.40. The molecule has 0 bridgehead atoms. The smallest absolute Gasteiger partial charge is 0.255 e. The lowest BCUT2D eigenvalue weighted by atomic mass is 10.1. The highest BCUT2D eigenvalue weighted by Crippen LogP contribution is 2.34. The molecule has 0 spiro atoms. The van der Waals surface area contributed by atoms with E-state index in [1.54, 1.807) is 43.5 Å². The lowest BCUT2D eigenvalue weighted by Gasteiger charge is -2.27. The zero-order valence-electron chi connectivity index (χ0n) is 24.8. The molecule has 230 valence electrons. The van der Waals surface area contributed by atoms with Gasteiger partial charge >= 0.3 is 0 Å². The molecule has 0 radical (unpaired) electrons. The third-order valence-electron chi connectivity index (χ3n) is 8.19. The fourth-order valence-electron chi connectivity index (χ4n) is 5.81. The van der Waals surface area contributed by atoms with E-state index < -0.39 is 0 Å². The molecule has 3 aliphatic rings. The lowest BCUT2D eigenvalue weighted by molar-refractivity contribution is 0.0759. The summed E-state index contributed by atoms with van der Waals surface area (Å²) in [6.07, 6.45) is 1.63. The number of hydrogen-bond acceptors (Lipinski definition) is 8. The highest BCUT2D eigenvalue weighted by molar-refractivity contribution is 6.07. The van der Waals surface area contributed by atoms with Crippen molar-refractivity contribution in [1.29, 1.82) is 0 Å². The molecule has 3 aliphatic heterocycles. The number of methoxy groups -OCH3 is 1. The van der Waals surface area contributed by atoms with Gasteiger partial charge in [0.1, 0.15) is 5.75 Å². The fraction of sp³-hybridized carbons (Fsp3) is 0.364. The zero-order valence-corrected chi connectivity index (χ0v) is 24.8. The van der Waals surface area contributed by atoms with Gasteiger partial charge in [0.2, 0.25) is 6.79 Å². The molecule has 44 heavy (non-hydrogen) atoms. The van der Waals surface area contributed by atoms with Crippen LogP contribution in [0.3, 0.4) is 0 Å². The Morgan fingerprint density at radius 2 is 1.52 bits per heavy atom. The standard InChI is InChI=1S/C33H37N5O6/c1-42-26-6-2-5-24(19-26)32(40)38-15-4-14-36(17-18-38)28-9-7-25(33(41)37-13-3-11-34-12-16-37)20-27(28)35-31(39)23-8-10-29-30(21-23)44-22-43-29/h2,5-10,19-21,34H,3-4,11-18,22H2,1H3,(H,35,39). The molecule has 0 unspecified atom stereocenters. The van der Waals surface area contributed by atoms with Gasteiger partial charge in [0.05, 0.1) is 18.5 Å². The molecule has 3 aromatic rings. The first-order valence-corrected chi connectivity index (χ1v) is 15.0. The number of carbonyl (C=O) groups excluding carboxylic acids is 3. The van der Waals surface area contributed by atoms with Crippen LogP contribution in [0.2, 0.25) is 0 Å². The van der Waals surface area contributed by atoms with Gasteiger partial charge in [-0.05, 0) is 74.0 Å². The SMILES string of the molecule is COc1cccc(C(=O)N2CCCN(c3ccc(C(=O)N4CCCNCC4)cc3NC(=O)c3ccc4c(c3)OCO4)CC2)c1. The molecule has 0 saturated carbocycles. The van der Waals surface area contributed by atoms with Crippen LogP contribution in [-0.4, -0.2) is 93.8 Å². The number of carbonyl (C=O) groups is 3. The molecule has 0 aliphatic carbocycles. The van der Waals surface area contributed by atoms with Gasteiger partial charge in [0, 0.05) is 62.5 Å². The van der Waals surface area contributed by atoms with E-state index in [0.717, 1.165) is 31.6 Å². The molecule has 0 aromatic heterocycles. The number of amides is 3. The number of hydrogen-bond donors (Lipinski definition) is 2. The van der Waals surface area contributed by atoms with Gasteiger partial charge in [-0.1, -0.05) is 6.07 Å². The Balaban J connectivity index is 1.25. The van der Waals surface area contributed by atoms with Crippen molar-refractivity contribution < 1.29 is 28.6 Å². The number of ether oxygens (including phenoxy) is 3. The van der Waals surface area contributed by atoms with Gasteiger partial charge in [-0.2, -0.15) is 0 Å². The minimum absolute atomic E-state index is 0.0463. The molecule has 11 nitrogen and oxygen atoms in total. The normalized spacial score (nSPS) is 16.6. The maximum Gasteiger partial charge on any atom is 0.255 e. The van der Waals surface area contributed by atoms with Crippen LogP contribution >= 0.6 is 0 Å². The summed E-state index contributed by atoms with van der Waals surface area (Å²) in [7, 11) is 1.58. The highest BCUT2D eigenvalue weighted by atomic mass is 16.7. The second-order valence-electron chi connectivity index (χ2n) is 11.0. The van der Waals surface area contributed by atoms with Gasteiger partial charge in [0.25, 0.3) is 17.7 Å². The number of fused-ring (bicyclic) bond motifs is 1. The van der Waals surface area contributed by atoms with E-state index in [-0.39, 0.29) is 24.5 Å². The van der Waals surface area contributed by atoms with Crippen LogP contribution in [0, 0.1) is 0 Å². The number of rotatable bonds is 6. The van der Waals surface area contributed by atoms with Gasteiger partial charge in [-0.25, -0.2) is 0 Å². The molecular formula is C33H37N5O6. The zero-order chi connectivity index (χ0) is 30.5. The lowest BCUT2D eigenvalue weighted by Crippen LogP contribution is -2.35. The van der Waals surface area contributed by atoms with Crippen molar-refractivity contribution in [3.8, 4) is 17.2 Å². The molecule has 3 amide bonds. The van der Waals surface area contributed by atoms with Crippen LogP contribution in [0.5, 0.6) is 17.2 Å². The van der Waals surface area contributed by atoms with Gasteiger partial charge < -0.3 is 39.5 Å². The van der Waals surface area contributed by atoms with Crippen LogP contribution in [-0.2, 0) is 0 Å². The highest BCUT2D eigenvalue weighted by Gasteiger charge is 2.25. The van der Waals surface area contributed by atoms with Crippen molar-refractivity contribution in [3.05, 3.63) is 77.4 Å². The van der Waals surface area contributed by atoms with Crippen LogP contribution in [0.15, 0.2) is 60.7 Å². The predicted molar refractivity (Wildman–Crippen MR) is 166 cm³/mol. The van der Waals surface area contributed by atoms with Crippen molar-refractivity contribution in [3.63, 3.8) is 0 Å². The summed E-state index contributed by atoms with van der Waals surface area (Å²) in [6, 6.07) is 17.8. The molecule has 0 atom stereocenters. The Hall–Kier alpha value is -4.77. The molecule has 2 N–H and O–H groups in total. The Bertz CT molecular complexity index is 1540. The van der Waals surface area contributed by atoms with Crippen molar-refractivity contribution >= 4 is 29.1 Å². The predicted octanol–water partition coefficient (Wildman–Crippen LogP) is 3.46. The van der Waals surface area contributed by atoms with Crippen molar-refractivity contribution in [2.75, 3.05) is 76.5 Å². The van der Waals surface area contributed by atoms with Gasteiger partial charge in [-0.15, -0.1) is 0 Å². The topological polar surface area (TPSA) is 113 Å². The molecule has 3 aromatic carbocycles. The van der Waals surface area contributed by atoms with E-state index in [1.807, 2.05) is 34.1 Å². The summed E-state index contributed by atoms with van der Waals surface area (Å²) in [5, 5.41) is 6.40. The monoisotopic (exact) mass is 599 g/mol. The third kappa shape index (κ3) is 6.42. The molecule has 6 rings (SSSR count). The average Bonchev–Trinajstić information content (AvgIpc) is 3.21. The Morgan fingerprint density at radius 1 is 0.750 bits per heavy atom. The second-order valence-corrected chi connectivity index (χ2v) is 11.0. The van der Waals surface area contributed by atoms with Crippen LogP contribution in [0.4, 0.5) is 11.4 Å². The van der Waals surface area contributed by atoms with E-state index in [0.29, 0.717) is 78.9 Å². The fourth-order valence-corrected chi connectivity index (χ4v) is 5.81. The Kier molecular flexibility index (Phi) is 8.83. The van der Waals surface area contributed by atoms with Gasteiger partial charge in [0.15, 0.2) is 11.5 Å². The summed E-state index contributed by atoms with van der Waals surface area (Å²) >= 11 is 0. The first-order chi connectivity index (χ1) is 21.5. The van der Waals surface area contributed by atoms with Crippen LogP contribution < -0.4 is 29.7 Å². The summed E-state index contributed by atoms with van der Waals surface area (Å²) in [4.78, 5) is 46.2. The summed E-state index contributed by atoms with van der Waals surface area (Å²) in [5.74, 6) is 1.32. The Morgan fingerprint density at radius 3 is 2.39 bits per heavy atom. The number of nitrogens with one attached hydrogen (secondary N) is 2. The van der Waals surface area contributed by atoms with Crippen molar-refractivity contribution in [2.45, 2.75) is 12.8 Å². The molecule has 2 saturated heterocycles. The third-order valence-corrected chi connectivity index (χ3v) is 8.19. The maximum atomic E-state index is 13.5. The maximum absolute atomic E-state index is 13.5. The Labute approximate surface area is 256 Å². The molecule has 11 heteroatoms.